The molecule has 20 heavy (non-hydrogen) atoms. The van der Waals surface area contributed by atoms with E-state index in [1.165, 1.54) is 30.6 Å². The molecule has 0 amide bonds. The summed E-state index contributed by atoms with van der Waals surface area (Å²) < 4.78 is 2.08. The SMILES string of the molecule is Cc1cnn(C[C@H]2CCCN2CCc2ccccn2)c1. The van der Waals surface area contributed by atoms with Gasteiger partial charge in [0.15, 0.2) is 0 Å². The highest BCUT2D eigenvalue weighted by Gasteiger charge is 2.24. The molecular weight excluding hydrogens is 248 g/mol. The summed E-state index contributed by atoms with van der Waals surface area (Å²) >= 11 is 0. The van der Waals surface area contributed by atoms with Crippen LogP contribution in [0.1, 0.15) is 24.1 Å². The number of likely N-dealkylation sites (tertiary alicyclic amines) is 1. The minimum Gasteiger partial charge on any atom is -0.298 e. The predicted molar refractivity (Wildman–Crippen MR) is 79.5 cm³/mol. The van der Waals surface area contributed by atoms with E-state index in [2.05, 4.69) is 44.9 Å². The van der Waals surface area contributed by atoms with Gasteiger partial charge in [-0.15, -0.1) is 0 Å². The number of pyridine rings is 1. The maximum Gasteiger partial charge on any atom is 0.0565 e. The van der Waals surface area contributed by atoms with Crippen LogP contribution in [0.5, 0.6) is 0 Å². The second kappa shape index (κ2) is 6.18. The summed E-state index contributed by atoms with van der Waals surface area (Å²) in [7, 11) is 0. The van der Waals surface area contributed by atoms with Gasteiger partial charge >= 0.3 is 0 Å². The lowest BCUT2D eigenvalue weighted by Crippen LogP contribution is -2.34. The van der Waals surface area contributed by atoms with Crippen molar-refractivity contribution in [1.82, 2.24) is 19.7 Å². The van der Waals surface area contributed by atoms with Gasteiger partial charge in [0, 0.05) is 37.1 Å². The average Bonchev–Trinajstić information content (AvgIpc) is 3.07. The Morgan fingerprint density at radius 3 is 3.05 bits per heavy atom. The van der Waals surface area contributed by atoms with Crippen LogP contribution in [-0.2, 0) is 13.0 Å². The first-order chi connectivity index (χ1) is 9.81. The highest BCUT2D eigenvalue weighted by molar-refractivity contribution is 5.04. The monoisotopic (exact) mass is 270 g/mol. The van der Waals surface area contributed by atoms with Crippen molar-refractivity contribution in [3.8, 4) is 0 Å². The fraction of sp³-hybridized carbons (Fsp3) is 0.500. The molecule has 4 nitrogen and oxygen atoms in total. The Morgan fingerprint density at radius 2 is 2.30 bits per heavy atom. The molecule has 0 aliphatic carbocycles. The summed E-state index contributed by atoms with van der Waals surface area (Å²) in [5.41, 5.74) is 2.43. The van der Waals surface area contributed by atoms with Crippen LogP contribution < -0.4 is 0 Å². The van der Waals surface area contributed by atoms with Crippen molar-refractivity contribution < 1.29 is 0 Å². The predicted octanol–water partition coefficient (Wildman–Crippen LogP) is 2.29. The van der Waals surface area contributed by atoms with E-state index in [-0.39, 0.29) is 0 Å². The molecule has 1 aliphatic rings. The first kappa shape index (κ1) is 13.3. The van der Waals surface area contributed by atoms with Gasteiger partial charge in [0.25, 0.3) is 0 Å². The van der Waals surface area contributed by atoms with Crippen LogP contribution >= 0.6 is 0 Å². The largest absolute Gasteiger partial charge is 0.298 e. The van der Waals surface area contributed by atoms with Gasteiger partial charge in [-0.25, -0.2) is 0 Å². The minimum atomic E-state index is 0.623. The van der Waals surface area contributed by atoms with Crippen LogP contribution in [0, 0.1) is 6.92 Å². The molecule has 0 bridgehead atoms. The highest BCUT2D eigenvalue weighted by atomic mass is 15.3. The first-order valence-electron chi connectivity index (χ1n) is 7.44. The maximum absolute atomic E-state index is 4.41. The van der Waals surface area contributed by atoms with Crippen LogP contribution in [0.3, 0.4) is 0 Å². The maximum atomic E-state index is 4.41. The lowest BCUT2D eigenvalue weighted by atomic mass is 10.2. The van der Waals surface area contributed by atoms with Crippen molar-refractivity contribution >= 4 is 0 Å². The summed E-state index contributed by atoms with van der Waals surface area (Å²) in [4.78, 5) is 7.00. The normalized spacial score (nSPS) is 19.6. The van der Waals surface area contributed by atoms with E-state index in [4.69, 9.17) is 0 Å². The molecule has 0 N–H and O–H groups in total. The summed E-state index contributed by atoms with van der Waals surface area (Å²) in [6, 6.07) is 6.78. The second-order valence-electron chi connectivity index (χ2n) is 5.64. The van der Waals surface area contributed by atoms with Crippen LogP contribution in [0.25, 0.3) is 0 Å². The highest BCUT2D eigenvalue weighted by Crippen LogP contribution is 2.19. The molecule has 1 aliphatic heterocycles. The molecule has 0 aromatic carbocycles. The molecule has 0 spiro atoms. The number of hydrogen-bond acceptors (Lipinski definition) is 3. The van der Waals surface area contributed by atoms with Gasteiger partial charge < -0.3 is 0 Å². The lowest BCUT2D eigenvalue weighted by Gasteiger charge is -2.24. The van der Waals surface area contributed by atoms with Crippen molar-refractivity contribution in [3.05, 3.63) is 48.0 Å². The number of nitrogens with zero attached hydrogens (tertiary/aromatic N) is 4. The van der Waals surface area contributed by atoms with Crippen molar-refractivity contribution in [2.24, 2.45) is 0 Å². The Labute approximate surface area is 120 Å². The Morgan fingerprint density at radius 1 is 1.35 bits per heavy atom. The number of hydrogen-bond donors (Lipinski definition) is 0. The summed E-state index contributed by atoms with van der Waals surface area (Å²) in [5, 5.41) is 4.41. The van der Waals surface area contributed by atoms with Gasteiger partial charge in [-0.05, 0) is 44.0 Å². The van der Waals surface area contributed by atoms with Crippen molar-refractivity contribution in [2.45, 2.75) is 38.8 Å². The van der Waals surface area contributed by atoms with E-state index < -0.39 is 0 Å². The fourth-order valence-corrected chi connectivity index (χ4v) is 2.98. The molecule has 3 rings (SSSR count). The number of aromatic nitrogens is 3. The van der Waals surface area contributed by atoms with Crippen molar-refractivity contribution in [1.29, 1.82) is 0 Å². The molecule has 0 unspecified atom stereocenters. The van der Waals surface area contributed by atoms with E-state index in [1.807, 2.05) is 18.5 Å². The third-order valence-corrected chi connectivity index (χ3v) is 4.04. The zero-order chi connectivity index (χ0) is 13.8. The smallest absolute Gasteiger partial charge is 0.0565 e. The van der Waals surface area contributed by atoms with E-state index in [9.17, 15) is 0 Å². The Kier molecular flexibility index (Phi) is 4.11. The van der Waals surface area contributed by atoms with Crippen LogP contribution in [-0.4, -0.2) is 38.8 Å². The number of aryl methyl sites for hydroxylation is 1. The van der Waals surface area contributed by atoms with Gasteiger partial charge in [-0.1, -0.05) is 6.07 Å². The molecule has 0 saturated carbocycles. The molecule has 106 valence electrons. The molecule has 1 saturated heterocycles. The quantitative estimate of drug-likeness (QED) is 0.836. The second-order valence-corrected chi connectivity index (χ2v) is 5.64. The molecule has 1 fully saturated rings. The standard InChI is InChI=1S/C16H22N4/c1-14-11-18-20(12-14)13-16-6-4-9-19(16)10-7-15-5-2-3-8-17-15/h2-3,5,8,11-12,16H,4,6-7,9-10,13H2,1H3/t16-/m1/s1. The van der Waals surface area contributed by atoms with E-state index in [1.54, 1.807) is 0 Å². The van der Waals surface area contributed by atoms with Gasteiger partial charge in [0.05, 0.1) is 12.7 Å². The molecule has 3 heterocycles. The van der Waals surface area contributed by atoms with Gasteiger partial charge in [0.2, 0.25) is 0 Å². The van der Waals surface area contributed by atoms with Crippen LogP contribution in [0.15, 0.2) is 36.8 Å². The zero-order valence-corrected chi connectivity index (χ0v) is 12.1. The third-order valence-electron chi connectivity index (χ3n) is 4.04. The van der Waals surface area contributed by atoms with Gasteiger partial charge in [-0.3, -0.25) is 14.6 Å². The Balaban J connectivity index is 1.55. The molecule has 4 heteroatoms. The van der Waals surface area contributed by atoms with E-state index in [0.717, 1.165) is 19.5 Å². The minimum absolute atomic E-state index is 0.623. The molecule has 0 radical (unpaired) electrons. The zero-order valence-electron chi connectivity index (χ0n) is 12.1. The van der Waals surface area contributed by atoms with Gasteiger partial charge in [0.1, 0.15) is 0 Å². The Bertz CT molecular complexity index is 534. The van der Waals surface area contributed by atoms with Crippen molar-refractivity contribution in [3.63, 3.8) is 0 Å². The Hall–Kier alpha value is -1.68. The van der Waals surface area contributed by atoms with E-state index >= 15 is 0 Å². The van der Waals surface area contributed by atoms with E-state index in [0.29, 0.717) is 6.04 Å². The molecule has 2 aromatic heterocycles. The molecule has 2 aromatic rings. The molecular formula is C16H22N4. The topological polar surface area (TPSA) is 34.0 Å². The van der Waals surface area contributed by atoms with Crippen LogP contribution in [0.4, 0.5) is 0 Å². The summed E-state index contributed by atoms with van der Waals surface area (Å²) in [6.45, 7) is 5.41. The summed E-state index contributed by atoms with van der Waals surface area (Å²) in [6.07, 6.45) is 9.56. The summed E-state index contributed by atoms with van der Waals surface area (Å²) in [5.74, 6) is 0. The molecule has 1 atom stereocenters. The van der Waals surface area contributed by atoms with Crippen LogP contribution in [0.2, 0.25) is 0 Å². The average molecular weight is 270 g/mol. The van der Waals surface area contributed by atoms with Gasteiger partial charge in [-0.2, -0.15) is 5.10 Å². The fourth-order valence-electron chi connectivity index (χ4n) is 2.98. The first-order valence-corrected chi connectivity index (χ1v) is 7.44. The third kappa shape index (κ3) is 3.25. The lowest BCUT2D eigenvalue weighted by molar-refractivity contribution is 0.229. The number of rotatable bonds is 5. The van der Waals surface area contributed by atoms with Crippen molar-refractivity contribution in [2.75, 3.05) is 13.1 Å².